The first-order valence-corrected chi connectivity index (χ1v) is 3.37. The molecule has 0 aromatic carbocycles. The van der Waals surface area contributed by atoms with E-state index in [1.165, 1.54) is 0 Å². The van der Waals surface area contributed by atoms with Gasteiger partial charge >= 0.3 is 0 Å². The van der Waals surface area contributed by atoms with Gasteiger partial charge in [0.2, 0.25) is 0 Å². The van der Waals surface area contributed by atoms with E-state index >= 15 is 0 Å². The molecule has 1 heterocycles. The van der Waals surface area contributed by atoms with Crippen LogP contribution >= 0.6 is 0 Å². The van der Waals surface area contributed by atoms with E-state index in [4.69, 9.17) is 9.78 Å². The molecule has 1 rings (SSSR count). The molecule has 0 aromatic heterocycles. The summed E-state index contributed by atoms with van der Waals surface area (Å²) in [5.41, 5.74) is 0. The molecule has 54 valence electrons. The fourth-order valence-corrected chi connectivity index (χ4v) is 0.909. The van der Waals surface area contributed by atoms with Crippen molar-refractivity contribution in [3.05, 3.63) is 0 Å². The standard InChI is InChI=1S/C6H12O3/c1-3-5-6(4-2)8-9-7-5/h5-6H,3-4H2,1-2H3/t5-,6-/m1/s1. The van der Waals surface area contributed by atoms with Crippen LogP contribution in [0.2, 0.25) is 0 Å². The van der Waals surface area contributed by atoms with Gasteiger partial charge in [-0.05, 0) is 12.8 Å². The molecule has 0 N–H and O–H groups in total. The molecule has 0 amide bonds. The van der Waals surface area contributed by atoms with Gasteiger partial charge in [0.1, 0.15) is 12.2 Å². The fourth-order valence-electron chi connectivity index (χ4n) is 0.909. The van der Waals surface area contributed by atoms with Crippen LogP contribution in [0.3, 0.4) is 0 Å². The van der Waals surface area contributed by atoms with Gasteiger partial charge in [0.15, 0.2) is 0 Å². The van der Waals surface area contributed by atoms with Crippen molar-refractivity contribution in [2.75, 3.05) is 0 Å². The Kier molecular flexibility index (Phi) is 2.45. The fraction of sp³-hybridized carbons (Fsp3) is 1.00. The SMILES string of the molecule is CC[C@H]1OOO[C@@H]1CC. The van der Waals surface area contributed by atoms with Gasteiger partial charge in [-0.2, -0.15) is 9.78 Å². The zero-order chi connectivity index (χ0) is 6.69. The molecule has 2 atom stereocenters. The molecule has 0 bridgehead atoms. The van der Waals surface area contributed by atoms with Crippen LogP contribution in [0.25, 0.3) is 0 Å². The summed E-state index contributed by atoms with van der Waals surface area (Å²) < 4.78 is 0. The zero-order valence-electron chi connectivity index (χ0n) is 5.79. The van der Waals surface area contributed by atoms with Crippen LogP contribution in [-0.2, 0) is 14.8 Å². The van der Waals surface area contributed by atoms with Crippen LogP contribution in [0, 0.1) is 0 Å². The van der Waals surface area contributed by atoms with Gasteiger partial charge in [-0.3, -0.25) is 0 Å². The lowest BCUT2D eigenvalue weighted by Gasteiger charge is -2.06. The number of hydrogen-bond donors (Lipinski definition) is 0. The molecule has 0 aliphatic carbocycles. The summed E-state index contributed by atoms with van der Waals surface area (Å²) in [5.74, 6) is 0. The highest BCUT2D eigenvalue weighted by molar-refractivity contribution is 4.66. The minimum atomic E-state index is 0.134. The van der Waals surface area contributed by atoms with Crippen molar-refractivity contribution in [2.24, 2.45) is 0 Å². The lowest BCUT2D eigenvalue weighted by atomic mass is 10.1. The zero-order valence-corrected chi connectivity index (χ0v) is 5.79. The quantitative estimate of drug-likeness (QED) is 0.532. The average Bonchev–Trinajstić information content (AvgIpc) is 2.33. The molecule has 9 heavy (non-hydrogen) atoms. The molecule has 0 spiro atoms. The van der Waals surface area contributed by atoms with Crippen molar-refractivity contribution in [1.29, 1.82) is 0 Å². The minimum absolute atomic E-state index is 0.134. The Morgan fingerprint density at radius 2 is 1.44 bits per heavy atom. The maximum atomic E-state index is 4.78. The van der Waals surface area contributed by atoms with E-state index in [-0.39, 0.29) is 12.2 Å². The highest BCUT2D eigenvalue weighted by atomic mass is 17.5. The predicted octanol–water partition coefficient (Wildman–Crippen LogP) is 1.44. The molecule has 0 saturated carbocycles. The van der Waals surface area contributed by atoms with Crippen molar-refractivity contribution in [1.82, 2.24) is 0 Å². The third-order valence-corrected chi connectivity index (χ3v) is 1.55. The Labute approximate surface area is 54.8 Å². The van der Waals surface area contributed by atoms with Gasteiger partial charge in [-0.15, -0.1) is 0 Å². The Hall–Kier alpha value is -0.120. The largest absolute Gasteiger partial charge is 0.200 e. The third kappa shape index (κ3) is 1.41. The Balaban J connectivity index is 2.32. The van der Waals surface area contributed by atoms with Gasteiger partial charge in [0.05, 0.1) is 0 Å². The van der Waals surface area contributed by atoms with Crippen molar-refractivity contribution in [3.63, 3.8) is 0 Å². The van der Waals surface area contributed by atoms with Crippen molar-refractivity contribution >= 4 is 0 Å². The van der Waals surface area contributed by atoms with E-state index in [0.29, 0.717) is 0 Å². The maximum Gasteiger partial charge on any atom is 0.125 e. The highest BCUT2D eigenvalue weighted by Crippen LogP contribution is 2.18. The molecule has 3 nitrogen and oxygen atoms in total. The molecule has 1 aliphatic heterocycles. The first-order valence-electron chi connectivity index (χ1n) is 3.37. The molecular formula is C6H12O3. The second kappa shape index (κ2) is 3.15. The maximum absolute atomic E-state index is 4.78. The lowest BCUT2D eigenvalue weighted by Crippen LogP contribution is -2.20. The summed E-state index contributed by atoms with van der Waals surface area (Å²) in [4.78, 5) is 9.57. The summed E-state index contributed by atoms with van der Waals surface area (Å²) >= 11 is 0. The smallest absolute Gasteiger partial charge is 0.125 e. The molecule has 0 aromatic rings. The molecule has 3 heteroatoms. The Morgan fingerprint density at radius 3 is 1.78 bits per heavy atom. The van der Waals surface area contributed by atoms with Crippen LogP contribution in [0.4, 0.5) is 0 Å². The van der Waals surface area contributed by atoms with E-state index in [0.717, 1.165) is 12.8 Å². The minimum Gasteiger partial charge on any atom is -0.200 e. The monoisotopic (exact) mass is 132 g/mol. The van der Waals surface area contributed by atoms with E-state index in [1.54, 1.807) is 0 Å². The predicted molar refractivity (Wildman–Crippen MR) is 31.4 cm³/mol. The van der Waals surface area contributed by atoms with E-state index < -0.39 is 0 Å². The first-order chi connectivity index (χ1) is 4.38. The van der Waals surface area contributed by atoms with E-state index in [1.807, 2.05) is 13.8 Å². The molecular weight excluding hydrogens is 120 g/mol. The topological polar surface area (TPSA) is 27.7 Å². The summed E-state index contributed by atoms with van der Waals surface area (Å²) in [7, 11) is 0. The highest BCUT2D eigenvalue weighted by Gasteiger charge is 2.28. The van der Waals surface area contributed by atoms with Gasteiger partial charge in [-0.1, -0.05) is 18.9 Å². The molecule has 1 saturated heterocycles. The van der Waals surface area contributed by atoms with Crippen molar-refractivity contribution in [2.45, 2.75) is 38.9 Å². The van der Waals surface area contributed by atoms with Crippen molar-refractivity contribution in [3.8, 4) is 0 Å². The number of hydrogen-bond acceptors (Lipinski definition) is 3. The molecule has 0 radical (unpaired) electrons. The molecule has 1 fully saturated rings. The Bertz CT molecular complexity index is 74.4. The van der Waals surface area contributed by atoms with Gasteiger partial charge in [0, 0.05) is 0 Å². The van der Waals surface area contributed by atoms with Crippen LogP contribution in [0.1, 0.15) is 26.7 Å². The average molecular weight is 132 g/mol. The Morgan fingerprint density at radius 1 is 1.00 bits per heavy atom. The van der Waals surface area contributed by atoms with Crippen LogP contribution in [0.5, 0.6) is 0 Å². The van der Waals surface area contributed by atoms with Crippen molar-refractivity contribution < 1.29 is 14.8 Å². The summed E-state index contributed by atoms with van der Waals surface area (Å²) in [6.45, 7) is 4.09. The first kappa shape index (κ1) is 6.99. The van der Waals surface area contributed by atoms with E-state index in [9.17, 15) is 0 Å². The molecule has 1 aliphatic rings. The van der Waals surface area contributed by atoms with E-state index in [2.05, 4.69) is 5.04 Å². The second-order valence-electron chi connectivity index (χ2n) is 2.15. The van der Waals surface area contributed by atoms with Gasteiger partial charge in [-0.25, -0.2) is 0 Å². The summed E-state index contributed by atoms with van der Waals surface area (Å²) in [6.07, 6.45) is 2.15. The summed E-state index contributed by atoms with van der Waals surface area (Å²) in [5, 5.41) is 4.35. The lowest BCUT2D eigenvalue weighted by molar-refractivity contribution is -0.466. The third-order valence-electron chi connectivity index (χ3n) is 1.55. The van der Waals surface area contributed by atoms with Gasteiger partial charge in [0.25, 0.3) is 0 Å². The van der Waals surface area contributed by atoms with Crippen LogP contribution < -0.4 is 0 Å². The van der Waals surface area contributed by atoms with Gasteiger partial charge < -0.3 is 0 Å². The second-order valence-corrected chi connectivity index (χ2v) is 2.15. The number of rotatable bonds is 2. The van der Waals surface area contributed by atoms with Crippen LogP contribution in [0.15, 0.2) is 0 Å². The normalized spacial score (nSPS) is 35.3. The summed E-state index contributed by atoms with van der Waals surface area (Å²) in [6, 6.07) is 0. The van der Waals surface area contributed by atoms with Crippen LogP contribution in [-0.4, -0.2) is 12.2 Å². The molecule has 0 unspecified atom stereocenters.